The fourth-order valence-corrected chi connectivity index (χ4v) is 2.65. The number of nitrogens with zero attached hydrogens (tertiary/aromatic N) is 1. The Bertz CT molecular complexity index is 584. The summed E-state index contributed by atoms with van der Waals surface area (Å²) in [5.41, 5.74) is -0.896. The van der Waals surface area contributed by atoms with Crippen LogP contribution in [0.1, 0.15) is 13.8 Å². The molecule has 1 aliphatic rings. The second-order valence-electron chi connectivity index (χ2n) is 4.43. The van der Waals surface area contributed by atoms with Crippen LogP contribution in [0.15, 0.2) is 40.6 Å². The van der Waals surface area contributed by atoms with Crippen molar-refractivity contribution < 1.29 is 19.4 Å². The first-order valence-electron chi connectivity index (χ1n) is 6.10. The Hall–Kier alpha value is -1.82. The number of halogens is 1. The van der Waals surface area contributed by atoms with Crippen LogP contribution in [0.4, 0.5) is 5.69 Å². The summed E-state index contributed by atoms with van der Waals surface area (Å²) in [7, 11) is 0. The number of hydrogen-bond donors (Lipinski definition) is 1. The lowest BCUT2D eigenvalue weighted by molar-refractivity contribution is -0.147. The van der Waals surface area contributed by atoms with Crippen LogP contribution in [0.3, 0.4) is 0 Å². The van der Waals surface area contributed by atoms with Crippen LogP contribution in [0.25, 0.3) is 0 Å². The molecule has 1 unspecified atom stereocenters. The van der Waals surface area contributed by atoms with Crippen LogP contribution in [0.5, 0.6) is 0 Å². The van der Waals surface area contributed by atoms with Gasteiger partial charge in [-0.25, -0.2) is 4.79 Å². The molecule has 1 aromatic rings. The Kier molecular flexibility index (Phi) is 3.85. The van der Waals surface area contributed by atoms with E-state index in [-0.39, 0.29) is 11.1 Å². The maximum absolute atomic E-state index is 12.3. The summed E-state index contributed by atoms with van der Waals surface area (Å²) in [5.74, 6) is -1.73. The van der Waals surface area contributed by atoms with Crippen LogP contribution in [0, 0.1) is 0 Å². The van der Waals surface area contributed by atoms with Gasteiger partial charge in [0.25, 0.3) is 5.91 Å². The normalized spacial score (nSPS) is 22.4. The predicted molar refractivity (Wildman–Crippen MR) is 77.5 cm³/mol. The van der Waals surface area contributed by atoms with Crippen molar-refractivity contribution in [2.75, 3.05) is 11.5 Å². The second kappa shape index (κ2) is 5.28. The minimum Gasteiger partial charge on any atom is -0.502 e. The number of carbonyl (C=O) groups is 2. The molecule has 2 rings (SSSR count). The van der Waals surface area contributed by atoms with Gasteiger partial charge in [-0.2, -0.15) is 0 Å². The van der Waals surface area contributed by atoms with Crippen molar-refractivity contribution in [1.82, 2.24) is 0 Å². The molecule has 1 N–H and O–H groups in total. The number of para-hydroxylation sites is 1. The van der Waals surface area contributed by atoms with E-state index < -0.39 is 23.2 Å². The first kappa shape index (κ1) is 14.6. The fourth-order valence-electron chi connectivity index (χ4n) is 2.14. The van der Waals surface area contributed by atoms with E-state index in [1.54, 1.807) is 37.3 Å². The highest BCUT2D eigenvalue weighted by atomic mass is 79.9. The van der Waals surface area contributed by atoms with E-state index in [4.69, 9.17) is 4.74 Å². The summed E-state index contributed by atoms with van der Waals surface area (Å²) in [6.07, 6.45) is 0. The van der Waals surface area contributed by atoms with E-state index in [0.717, 1.165) is 0 Å². The Morgan fingerprint density at radius 1 is 1.40 bits per heavy atom. The molecular formula is C14H14BrNO4. The molecule has 0 spiro atoms. The molecule has 0 bridgehead atoms. The van der Waals surface area contributed by atoms with Crippen molar-refractivity contribution in [1.29, 1.82) is 0 Å². The zero-order chi connectivity index (χ0) is 14.9. The SMILES string of the molecule is CCOC(=O)C1(C)C(Br)=C(O)C(=O)N1c1ccccc1. The summed E-state index contributed by atoms with van der Waals surface area (Å²) in [4.78, 5) is 25.7. The molecule has 6 heteroatoms. The smallest absolute Gasteiger partial charge is 0.337 e. The molecule has 0 saturated carbocycles. The van der Waals surface area contributed by atoms with Gasteiger partial charge in [0.15, 0.2) is 11.3 Å². The molecule has 1 atom stereocenters. The largest absolute Gasteiger partial charge is 0.502 e. The molecule has 106 valence electrons. The number of rotatable bonds is 3. The number of amides is 1. The maximum Gasteiger partial charge on any atom is 0.337 e. The Morgan fingerprint density at radius 2 is 2.00 bits per heavy atom. The van der Waals surface area contributed by atoms with Crippen molar-refractivity contribution in [2.24, 2.45) is 0 Å². The topological polar surface area (TPSA) is 66.8 Å². The second-order valence-corrected chi connectivity index (χ2v) is 5.22. The van der Waals surface area contributed by atoms with Gasteiger partial charge >= 0.3 is 5.97 Å². The Morgan fingerprint density at radius 3 is 2.55 bits per heavy atom. The number of ether oxygens (including phenoxy) is 1. The van der Waals surface area contributed by atoms with E-state index >= 15 is 0 Å². The highest BCUT2D eigenvalue weighted by molar-refractivity contribution is 9.11. The molecule has 0 radical (unpaired) electrons. The highest BCUT2D eigenvalue weighted by Gasteiger charge is 2.55. The van der Waals surface area contributed by atoms with E-state index in [2.05, 4.69) is 15.9 Å². The number of esters is 1. The standard InChI is InChI=1S/C14H14BrNO4/c1-3-20-13(19)14(2)11(15)10(17)12(18)16(14)9-7-5-4-6-8-9/h4-8,17H,3H2,1-2H3. The van der Waals surface area contributed by atoms with Crippen molar-refractivity contribution in [2.45, 2.75) is 19.4 Å². The fraction of sp³-hybridized carbons (Fsp3) is 0.286. The lowest BCUT2D eigenvalue weighted by atomic mass is 10.0. The average Bonchev–Trinajstić information content (AvgIpc) is 2.62. The number of hydrogen-bond acceptors (Lipinski definition) is 4. The Labute approximate surface area is 125 Å². The van der Waals surface area contributed by atoms with Gasteiger partial charge in [0.2, 0.25) is 0 Å². The van der Waals surface area contributed by atoms with Crippen molar-refractivity contribution in [3.05, 3.63) is 40.6 Å². The first-order chi connectivity index (χ1) is 9.44. The lowest BCUT2D eigenvalue weighted by Crippen LogP contribution is -2.52. The van der Waals surface area contributed by atoms with Crippen LogP contribution in [-0.4, -0.2) is 29.1 Å². The predicted octanol–water partition coefficient (Wildman–Crippen LogP) is 2.52. The molecule has 0 saturated heterocycles. The van der Waals surface area contributed by atoms with E-state index in [0.29, 0.717) is 5.69 Å². The van der Waals surface area contributed by atoms with Gasteiger partial charge in [0, 0.05) is 5.69 Å². The van der Waals surface area contributed by atoms with Gasteiger partial charge in [0.1, 0.15) is 0 Å². The van der Waals surface area contributed by atoms with E-state index in [1.165, 1.54) is 11.8 Å². The lowest BCUT2D eigenvalue weighted by Gasteiger charge is -2.33. The molecule has 1 heterocycles. The van der Waals surface area contributed by atoms with Crippen LogP contribution >= 0.6 is 15.9 Å². The Balaban J connectivity index is 2.55. The van der Waals surface area contributed by atoms with Gasteiger partial charge in [0.05, 0.1) is 11.1 Å². The number of anilines is 1. The molecule has 0 aromatic heterocycles. The maximum atomic E-state index is 12.3. The number of benzene rings is 1. The van der Waals surface area contributed by atoms with Crippen LogP contribution in [0.2, 0.25) is 0 Å². The molecule has 1 amide bonds. The third kappa shape index (κ3) is 2.00. The van der Waals surface area contributed by atoms with E-state index in [1.807, 2.05) is 0 Å². The zero-order valence-electron chi connectivity index (χ0n) is 11.1. The minimum absolute atomic E-state index is 0.109. The third-order valence-corrected chi connectivity index (χ3v) is 4.32. The molecular weight excluding hydrogens is 326 g/mol. The summed E-state index contributed by atoms with van der Waals surface area (Å²) in [6, 6.07) is 8.67. The quantitative estimate of drug-likeness (QED) is 0.859. The summed E-state index contributed by atoms with van der Waals surface area (Å²) in [6.45, 7) is 3.40. The van der Waals surface area contributed by atoms with Crippen LogP contribution < -0.4 is 4.90 Å². The van der Waals surface area contributed by atoms with Gasteiger partial charge in [-0.3, -0.25) is 9.69 Å². The molecule has 1 aliphatic heterocycles. The van der Waals surface area contributed by atoms with Gasteiger partial charge < -0.3 is 9.84 Å². The average molecular weight is 340 g/mol. The minimum atomic E-state index is -1.40. The monoisotopic (exact) mass is 339 g/mol. The number of carbonyl (C=O) groups excluding carboxylic acids is 2. The van der Waals surface area contributed by atoms with Gasteiger partial charge in [-0.05, 0) is 41.9 Å². The van der Waals surface area contributed by atoms with Crippen molar-refractivity contribution in [3.63, 3.8) is 0 Å². The van der Waals surface area contributed by atoms with Crippen molar-refractivity contribution >= 4 is 33.5 Å². The van der Waals surface area contributed by atoms with E-state index in [9.17, 15) is 14.7 Å². The van der Waals surface area contributed by atoms with Crippen LogP contribution in [-0.2, 0) is 14.3 Å². The zero-order valence-corrected chi connectivity index (χ0v) is 12.7. The van der Waals surface area contributed by atoms with Crippen molar-refractivity contribution in [3.8, 4) is 0 Å². The third-order valence-electron chi connectivity index (χ3n) is 3.18. The number of aliphatic hydroxyl groups excluding tert-OH is 1. The summed E-state index contributed by atoms with van der Waals surface area (Å²) in [5, 5.41) is 9.88. The number of aliphatic hydroxyl groups is 1. The molecule has 0 aliphatic carbocycles. The highest BCUT2D eigenvalue weighted by Crippen LogP contribution is 2.42. The molecule has 1 aromatic carbocycles. The first-order valence-corrected chi connectivity index (χ1v) is 6.90. The molecule has 5 nitrogen and oxygen atoms in total. The molecule has 20 heavy (non-hydrogen) atoms. The van der Waals surface area contributed by atoms with Gasteiger partial charge in [-0.1, -0.05) is 18.2 Å². The van der Waals surface area contributed by atoms with Gasteiger partial charge in [-0.15, -0.1) is 0 Å². The summed E-state index contributed by atoms with van der Waals surface area (Å²) >= 11 is 3.14. The summed E-state index contributed by atoms with van der Waals surface area (Å²) < 4.78 is 5.15. The molecule has 0 fully saturated rings.